The van der Waals surface area contributed by atoms with Crippen LogP contribution in [0.1, 0.15) is 34.1 Å². The van der Waals surface area contributed by atoms with Gasteiger partial charge in [-0.2, -0.15) is 0 Å². The van der Waals surface area contributed by atoms with E-state index in [0.717, 1.165) is 0 Å². The van der Waals surface area contributed by atoms with Crippen molar-refractivity contribution in [1.82, 2.24) is 10.9 Å². The van der Waals surface area contributed by atoms with Gasteiger partial charge < -0.3 is 4.74 Å². The van der Waals surface area contributed by atoms with E-state index in [0.29, 0.717) is 28.3 Å². The van der Waals surface area contributed by atoms with Gasteiger partial charge in [-0.1, -0.05) is 24.6 Å². The molecule has 0 unspecified atom stereocenters. The third-order valence-corrected chi connectivity index (χ3v) is 3.50. The van der Waals surface area contributed by atoms with E-state index in [1.54, 1.807) is 49.4 Å². The molecule has 0 atom stereocenters. The number of halogens is 1. The van der Waals surface area contributed by atoms with Crippen LogP contribution in [0.5, 0.6) is 5.75 Å². The zero-order chi connectivity index (χ0) is 18.2. The molecule has 0 aromatic heterocycles. The Hall–Kier alpha value is -2.86. The molecule has 0 bridgehead atoms. The second-order valence-electron chi connectivity index (χ2n) is 5.10. The highest BCUT2D eigenvalue weighted by Gasteiger charge is 2.09. The van der Waals surface area contributed by atoms with E-state index < -0.39 is 11.8 Å². The topological polar surface area (TPSA) is 84.5 Å². The summed E-state index contributed by atoms with van der Waals surface area (Å²) in [7, 11) is 0. The Labute approximate surface area is 150 Å². The molecule has 7 heteroatoms. The monoisotopic (exact) mass is 360 g/mol. The van der Waals surface area contributed by atoms with E-state index in [1.807, 2.05) is 0 Å². The van der Waals surface area contributed by atoms with Crippen molar-refractivity contribution in [3.05, 3.63) is 64.7 Å². The average molecular weight is 361 g/mol. The van der Waals surface area contributed by atoms with Gasteiger partial charge in [0, 0.05) is 22.6 Å². The highest BCUT2D eigenvalue weighted by Crippen LogP contribution is 2.13. The van der Waals surface area contributed by atoms with E-state index in [-0.39, 0.29) is 12.4 Å². The van der Waals surface area contributed by atoms with Gasteiger partial charge >= 0.3 is 0 Å². The first-order valence-electron chi connectivity index (χ1n) is 7.60. The molecule has 0 saturated heterocycles. The molecule has 0 aliphatic rings. The lowest BCUT2D eigenvalue weighted by Gasteiger charge is -2.09. The van der Waals surface area contributed by atoms with Crippen LogP contribution in [0.25, 0.3) is 0 Å². The van der Waals surface area contributed by atoms with Gasteiger partial charge in [0.1, 0.15) is 5.75 Å². The number of nitrogens with one attached hydrogen (secondary N) is 2. The first-order chi connectivity index (χ1) is 12.0. The molecule has 0 aliphatic carbocycles. The molecule has 0 radical (unpaired) electrons. The first-order valence-corrected chi connectivity index (χ1v) is 7.98. The SMILES string of the molecule is CCC(=O)c1ccc(OCC(=O)NNC(=O)c2cccc(Cl)c2)cc1. The Morgan fingerprint density at radius 1 is 1.00 bits per heavy atom. The van der Waals surface area contributed by atoms with Crippen LogP contribution in [0.3, 0.4) is 0 Å². The molecule has 0 fully saturated rings. The van der Waals surface area contributed by atoms with Crippen molar-refractivity contribution in [2.24, 2.45) is 0 Å². The number of ketones is 1. The number of hydrogen-bond acceptors (Lipinski definition) is 4. The molecular weight excluding hydrogens is 344 g/mol. The zero-order valence-corrected chi connectivity index (χ0v) is 14.3. The number of hydrazine groups is 1. The number of Topliss-reactive ketones (excluding diaryl/α,β-unsaturated/α-hetero) is 1. The lowest BCUT2D eigenvalue weighted by atomic mass is 10.1. The Bertz CT molecular complexity index is 775. The maximum Gasteiger partial charge on any atom is 0.276 e. The second kappa shape index (κ2) is 8.84. The van der Waals surface area contributed by atoms with Gasteiger partial charge in [-0.25, -0.2) is 0 Å². The van der Waals surface area contributed by atoms with E-state index in [1.165, 1.54) is 6.07 Å². The van der Waals surface area contributed by atoms with Crippen LogP contribution < -0.4 is 15.6 Å². The van der Waals surface area contributed by atoms with Crippen LogP contribution in [0.2, 0.25) is 5.02 Å². The van der Waals surface area contributed by atoms with Crippen molar-refractivity contribution in [2.75, 3.05) is 6.61 Å². The van der Waals surface area contributed by atoms with Gasteiger partial charge in [0.2, 0.25) is 0 Å². The van der Waals surface area contributed by atoms with E-state index in [2.05, 4.69) is 10.9 Å². The summed E-state index contributed by atoms with van der Waals surface area (Å²) in [4.78, 5) is 35.1. The fraction of sp³-hybridized carbons (Fsp3) is 0.167. The Morgan fingerprint density at radius 2 is 1.72 bits per heavy atom. The van der Waals surface area contributed by atoms with Gasteiger partial charge in [0.15, 0.2) is 12.4 Å². The maximum atomic E-state index is 11.8. The third kappa shape index (κ3) is 5.61. The number of carbonyl (C=O) groups is 3. The summed E-state index contributed by atoms with van der Waals surface area (Å²) in [6.45, 7) is 1.51. The third-order valence-electron chi connectivity index (χ3n) is 3.27. The van der Waals surface area contributed by atoms with Crippen molar-refractivity contribution in [1.29, 1.82) is 0 Å². The van der Waals surface area contributed by atoms with Crippen LogP contribution in [0.4, 0.5) is 0 Å². The van der Waals surface area contributed by atoms with Crippen LogP contribution in [0.15, 0.2) is 48.5 Å². The van der Waals surface area contributed by atoms with E-state index >= 15 is 0 Å². The lowest BCUT2D eigenvalue weighted by molar-refractivity contribution is -0.123. The van der Waals surface area contributed by atoms with Crippen molar-refractivity contribution < 1.29 is 19.1 Å². The number of rotatable bonds is 6. The first kappa shape index (κ1) is 18.5. The highest BCUT2D eigenvalue weighted by molar-refractivity contribution is 6.30. The van der Waals surface area contributed by atoms with Crippen molar-refractivity contribution in [2.45, 2.75) is 13.3 Å². The molecule has 130 valence electrons. The molecule has 2 N–H and O–H groups in total. The Kier molecular flexibility index (Phi) is 6.54. The molecule has 0 heterocycles. The van der Waals surface area contributed by atoms with Gasteiger partial charge in [-0.3, -0.25) is 25.2 Å². The summed E-state index contributed by atoms with van der Waals surface area (Å²) in [5, 5.41) is 0.423. The normalized spacial score (nSPS) is 10.0. The van der Waals surface area contributed by atoms with Gasteiger partial charge in [-0.15, -0.1) is 0 Å². The summed E-state index contributed by atoms with van der Waals surface area (Å²) in [6, 6.07) is 12.8. The maximum absolute atomic E-state index is 11.8. The van der Waals surface area contributed by atoms with Crippen molar-refractivity contribution >= 4 is 29.2 Å². The number of hydrogen-bond donors (Lipinski definition) is 2. The fourth-order valence-corrected chi connectivity index (χ4v) is 2.14. The average Bonchev–Trinajstić information content (AvgIpc) is 2.64. The number of carbonyl (C=O) groups excluding carboxylic acids is 3. The van der Waals surface area contributed by atoms with Crippen LogP contribution in [0, 0.1) is 0 Å². The van der Waals surface area contributed by atoms with E-state index in [4.69, 9.17) is 16.3 Å². The molecule has 6 nitrogen and oxygen atoms in total. The van der Waals surface area contributed by atoms with Crippen molar-refractivity contribution in [3.8, 4) is 5.75 Å². The fourth-order valence-electron chi connectivity index (χ4n) is 1.95. The predicted octanol–water partition coefficient (Wildman–Crippen LogP) is 2.77. The molecule has 2 aromatic rings. The minimum atomic E-state index is -0.524. The predicted molar refractivity (Wildman–Crippen MR) is 93.6 cm³/mol. The summed E-state index contributed by atoms with van der Waals surface area (Å²) >= 11 is 5.80. The standard InChI is InChI=1S/C18H17ClN2O4/c1-2-16(22)12-6-8-15(9-7-12)25-11-17(23)20-21-18(24)13-4-3-5-14(19)10-13/h3-10H,2,11H2,1H3,(H,20,23)(H,21,24). The summed E-state index contributed by atoms with van der Waals surface area (Å²) in [5.41, 5.74) is 5.44. The Balaban J connectivity index is 1.79. The molecule has 0 saturated carbocycles. The molecule has 2 rings (SSSR count). The molecule has 2 amide bonds. The molecule has 0 spiro atoms. The van der Waals surface area contributed by atoms with Crippen LogP contribution in [-0.4, -0.2) is 24.2 Å². The second-order valence-corrected chi connectivity index (χ2v) is 5.54. The minimum absolute atomic E-state index is 0.0352. The minimum Gasteiger partial charge on any atom is -0.484 e. The van der Waals surface area contributed by atoms with Crippen LogP contribution in [-0.2, 0) is 4.79 Å². The highest BCUT2D eigenvalue weighted by atomic mass is 35.5. The van der Waals surface area contributed by atoms with Crippen molar-refractivity contribution in [3.63, 3.8) is 0 Å². The van der Waals surface area contributed by atoms with Gasteiger partial charge in [0.05, 0.1) is 0 Å². The Morgan fingerprint density at radius 3 is 2.36 bits per heavy atom. The van der Waals surface area contributed by atoms with E-state index in [9.17, 15) is 14.4 Å². The quantitative estimate of drug-likeness (QED) is 0.612. The summed E-state index contributed by atoms with van der Waals surface area (Å²) in [6.07, 6.45) is 0.426. The van der Waals surface area contributed by atoms with Gasteiger partial charge in [-0.05, 0) is 42.5 Å². The molecule has 2 aromatic carbocycles. The molecule has 25 heavy (non-hydrogen) atoms. The largest absolute Gasteiger partial charge is 0.484 e. The summed E-state index contributed by atoms with van der Waals surface area (Å²) < 4.78 is 5.30. The van der Waals surface area contributed by atoms with Gasteiger partial charge in [0.25, 0.3) is 11.8 Å². The smallest absolute Gasteiger partial charge is 0.276 e. The lowest BCUT2D eigenvalue weighted by Crippen LogP contribution is -2.43. The zero-order valence-electron chi connectivity index (χ0n) is 13.5. The number of benzene rings is 2. The molecular formula is C18H17ClN2O4. The summed E-state index contributed by atoms with van der Waals surface area (Å²) in [5.74, 6) is -0.528. The number of ether oxygens (including phenoxy) is 1. The molecule has 0 aliphatic heterocycles. The number of amides is 2. The van der Waals surface area contributed by atoms with Crippen LogP contribution >= 0.6 is 11.6 Å².